The lowest BCUT2D eigenvalue weighted by molar-refractivity contribution is 0.0693. The highest BCUT2D eigenvalue weighted by molar-refractivity contribution is 5.88. The Morgan fingerprint density at radius 2 is 2.44 bits per heavy atom. The van der Waals surface area contributed by atoms with Crippen molar-refractivity contribution in [1.29, 1.82) is 0 Å². The van der Waals surface area contributed by atoms with Crippen molar-refractivity contribution in [2.45, 2.75) is 37.4 Å². The number of aromatic carboxylic acids is 1. The first kappa shape index (κ1) is 9.84. The fourth-order valence-corrected chi connectivity index (χ4v) is 2.98. The summed E-state index contributed by atoms with van der Waals surface area (Å²) in [6.45, 7) is 0. The van der Waals surface area contributed by atoms with Gasteiger partial charge in [-0.15, -0.1) is 0 Å². The topological polar surface area (TPSA) is 64.4 Å². The highest BCUT2D eigenvalue weighted by Gasteiger charge is 2.44. The number of aromatic nitrogens is 2. The van der Waals surface area contributed by atoms with E-state index in [2.05, 4.69) is 5.10 Å². The highest BCUT2D eigenvalue weighted by Crippen LogP contribution is 2.45. The zero-order chi connectivity index (χ0) is 11.3. The van der Waals surface area contributed by atoms with E-state index >= 15 is 0 Å². The molecule has 0 spiro atoms. The Morgan fingerprint density at radius 3 is 3.00 bits per heavy atom. The molecule has 3 rings (SSSR count). The summed E-state index contributed by atoms with van der Waals surface area (Å²) in [5.41, 5.74) is 1.14. The van der Waals surface area contributed by atoms with E-state index in [9.17, 15) is 4.79 Å². The normalized spacial score (nSPS) is 32.2. The molecule has 0 aromatic carbocycles. The van der Waals surface area contributed by atoms with Gasteiger partial charge in [-0.3, -0.25) is 4.68 Å². The van der Waals surface area contributed by atoms with E-state index in [1.54, 1.807) is 11.7 Å². The van der Waals surface area contributed by atoms with Crippen molar-refractivity contribution in [3.8, 4) is 0 Å². The van der Waals surface area contributed by atoms with Gasteiger partial charge in [-0.2, -0.15) is 5.10 Å². The number of fused-ring (bicyclic) bond motifs is 2. The van der Waals surface area contributed by atoms with Gasteiger partial charge in [0.1, 0.15) is 5.56 Å². The molecule has 3 heterocycles. The molecule has 2 fully saturated rings. The van der Waals surface area contributed by atoms with Crippen LogP contribution in [0.5, 0.6) is 0 Å². The lowest BCUT2D eigenvalue weighted by Crippen LogP contribution is -2.19. The van der Waals surface area contributed by atoms with E-state index in [1.165, 1.54) is 6.20 Å². The molecule has 3 atom stereocenters. The number of nitrogens with zero attached hydrogens (tertiary/aromatic N) is 2. The number of rotatable bonds is 2. The molecule has 3 unspecified atom stereocenters. The van der Waals surface area contributed by atoms with Crippen molar-refractivity contribution >= 4 is 5.97 Å². The zero-order valence-electron chi connectivity index (χ0n) is 9.09. The molecular weight excluding hydrogens is 208 g/mol. The largest absolute Gasteiger partial charge is 0.478 e. The predicted molar refractivity (Wildman–Crippen MR) is 55.4 cm³/mol. The first-order chi connectivity index (χ1) is 7.66. The van der Waals surface area contributed by atoms with E-state index < -0.39 is 5.97 Å². The number of carboxylic acid groups (broad SMARTS) is 1. The van der Waals surface area contributed by atoms with Gasteiger partial charge < -0.3 is 9.84 Å². The van der Waals surface area contributed by atoms with Crippen LogP contribution < -0.4 is 0 Å². The Bertz CT molecular complexity index is 440. The maximum atomic E-state index is 11.1. The fraction of sp³-hybridized carbons (Fsp3) is 0.636. The summed E-state index contributed by atoms with van der Waals surface area (Å²) in [6.07, 6.45) is 5.04. The predicted octanol–water partition coefficient (Wildman–Crippen LogP) is 1.15. The summed E-state index contributed by atoms with van der Waals surface area (Å²) in [4.78, 5) is 11.1. The van der Waals surface area contributed by atoms with E-state index in [-0.39, 0.29) is 12.0 Å². The van der Waals surface area contributed by atoms with E-state index in [4.69, 9.17) is 9.84 Å². The average molecular weight is 222 g/mol. The Morgan fingerprint density at radius 1 is 1.62 bits per heavy atom. The van der Waals surface area contributed by atoms with Crippen LogP contribution in [-0.2, 0) is 11.8 Å². The second kappa shape index (κ2) is 3.31. The molecule has 0 amide bonds. The zero-order valence-corrected chi connectivity index (χ0v) is 9.09. The van der Waals surface area contributed by atoms with Gasteiger partial charge in [0.25, 0.3) is 0 Å². The summed E-state index contributed by atoms with van der Waals surface area (Å²) < 4.78 is 7.44. The highest BCUT2D eigenvalue weighted by atomic mass is 16.5. The molecule has 0 aliphatic carbocycles. The van der Waals surface area contributed by atoms with Gasteiger partial charge in [-0.1, -0.05) is 0 Å². The Hall–Kier alpha value is -1.36. The third-order valence-electron chi connectivity index (χ3n) is 3.67. The molecule has 1 aromatic rings. The molecule has 2 bridgehead atoms. The summed E-state index contributed by atoms with van der Waals surface area (Å²) in [7, 11) is 1.80. The van der Waals surface area contributed by atoms with Crippen LogP contribution in [0.15, 0.2) is 6.20 Å². The molecule has 2 aliphatic rings. The molecule has 86 valence electrons. The quantitative estimate of drug-likeness (QED) is 0.815. The van der Waals surface area contributed by atoms with Crippen molar-refractivity contribution in [2.24, 2.45) is 7.05 Å². The fourth-order valence-electron chi connectivity index (χ4n) is 2.98. The molecule has 2 saturated heterocycles. The molecule has 16 heavy (non-hydrogen) atoms. The van der Waals surface area contributed by atoms with Crippen molar-refractivity contribution in [1.82, 2.24) is 9.78 Å². The molecule has 1 N–H and O–H groups in total. The minimum atomic E-state index is -0.897. The van der Waals surface area contributed by atoms with Crippen molar-refractivity contribution in [3.05, 3.63) is 17.5 Å². The summed E-state index contributed by atoms with van der Waals surface area (Å²) in [6, 6.07) is 0. The van der Waals surface area contributed by atoms with Gasteiger partial charge in [0.15, 0.2) is 0 Å². The van der Waals surface area contributed by atoms with Crippen molar-refractivity contribution in [3.63, 3.8) is 0 Å². The second-order valence-electron chi connectivity index (χ2n) is 4.59. The second-order valence-corrected chi connectivity index (χ2v) is 4.59. The van der Waals surface area contributed by atoms with E-state index in [1.807, 2.05) is 0 Å². The van der Waals surface area contributed by atoms with E-state index in [0.717, 1.165) is 25.0 Å². The van der Waals surface area contributed by atoms with Crippen LogP contribution in [0.4, 0.5) is 0 Å². The molecular formula is C11H14N2O3. The minimum Gasteiger partial charge on any atom is -0.478 e. The Labute approximate surface area is 93.0 Å². The van der Waals surface area contributed by atoms with Gasteiger partial charge in [-0.05, 0) is 19.3 Å². The van der Waals surface area contributed by atoms with Crippen LogP contribution >= 0.6 is 0 Å². The standard InChI is InChI=1S/C11H14N2O3/c1-13-10(8(5-12-13)11(14)15)7-4-6-2-3-9(7)16-6/h5-7,9H,2-4H2,1H3,(H,14,15). The van der Waals surface area contributed by atoms with Crippen LogP contribution in [0.25, 0.3) is 0 Å². The lowest BCUT2D eigenvalue weighted by atomic mass is 9.85. The van der Waals surface area contributed by atoms with Crippen LogP contribution in [-0.4, -0.2) is 33.1 Å². The number of ether oxygens (including phenoxy) is 1. The summed E-state index contributed by atoms with van der Waals surface area (Å²) in [5, 5.41) is 13.2. The number of carboxylic acids is 1. The molecule has 1 aromatic heterocycles. The van der Waals surface area contributed by atoms with Gasteiger partial charge >= 0.3 is 5.97 Å². The third-order valence-corrected chi connectivity index (χ3v) is 3.67. The van der Waals surface area contributed by atoms with Crippen molar-refractivity contribution in [2.75, 3.05) is 0 Å². The minimum absolute atomic E-state index is 0.193. The lowest BCUT2D eigenvalue weighted by Gasteiger charge is -2.19. The van der Waals surface area contributed by atoms with E-state index in [0.29, 0.717) is 11.7 Å². The maximum absolute atomic E-state index is 11.1. The van der Waals surface area contributed by atoms with Crippen LogP contribution in [0.3, 0.4) is 0 Å². The van der Waals surface area contributed by atoms with Crippen LogP contribution in [0.1, 0.15) is 41.2 Å². The third kappa shape index (κ3) is 1.28. The molecule has 0 radical (unpaired) electrons. The summed E-state index contributed by atoms with van der Waals surface area (Å²) >= 11 is 0. The maximum Gasteiger partial charge on any atom is 0.339 e. The summed E-state index contributed by atoms with van der Waals surface area (Å²) in [5.74, 6) is -0.691. The first-order valence-corrected chi connectivity index (χ1v) is 5.57. The number of hydrogen-bond acceptors (Lipinski definition) is 3. The monoisotopic (exact) mass is 222 g/mol. The number of hydrogen-bond donors (Lipinski definition) is 1. The molecule has 5 heteroatoms. The average Bonchev–Trinajstić information content (AvgIpc) is 2.90. The van der Waals surface area contributed by atoms with Gasteiger partial charge in [0.2, 0.25) is 0 Å². The number of aryl methyl sites for hydroxylation is 1. The van der Waals surface area contributed by atoms with Crippen molar-refractivity contribution < 1.29 is 14.6 Å². The first-order valence-electron chi connectivity index (χ1n) is 5.57. The van der Waals surface area contributed by atoms with Crippen LogP contribution in [0.2, 0.25) is 0 Å². The Kier molecular flexibility index (Phi) is 2.04. The molecule has 5 nitrogen and oxygen atoms in total. The van der Waals surface area contributed by atoms with Crippen LogP contribution in [0, 0.1) is 0 Å². The number of carbonyl (C=O) groups is 1. The van der Waals surface area contributed by atoms with Gasteiger partial charge in [-0.25, -0.2) is 4.79 Å². The van der Waals surface area contributed by atoms with Gasteiger partial charge in [0, 0.05) is 13.0 Å². The Balaban J connectivity index is 2.00. The SMILES string of the molecule is Cn1ncc(C(=O)O)c1C1CC2CCC1O2. The smallest absolute Gasteiger partial charge is 0.339 e. The molecule has 2 aliphatic heterocycles. The molecule has 0 saturated carbocycles. The van der Waals surface area contributed by atoms with Gasteiger partial charge in [0.05, 0.1) is 24.1 Å².